The summed E-state index contributed by atoms with van der Waals surface area (Å²) >= 11 is 5.86. The van der Waals surface area contributed by atoms with Gasteiger partial charge >= 0.3 is 0 Å². The topological polar surface area (TPSA) is 29.3 Å². The standard InChI is InChI=1S/C17H16ClN3/c1-21-12-14(16-4-2-3-5-17(16)21)11-20-19-10-13-6-8-15(18)9-7-13/h2-9,11-12,19H,10H2,1H3/b20-11-. The zero-order valence-corrected chi connectivity index (χ0v) is 12.5. The third-order valence-electron chi connectivity index (χ3n) is 3.42. The number of aryl methyl sites for hydroxylation is 1. The fraction of sp³-hybridized carbons (Fsp3) is 0.118. The molecule has 21 heavy (non-hydrogen) atoms. The number of hydrogen-bond donors (Lipinski definition) is 1. The second-order valence-electron chi connectivity index (χ2n) is 4.93. The maximum Gasteiger partial charge on any atom is 0.0580 e. The molecule has 0 aliphatic rings. The van der Waals surface area contributed by atoms with Crippen molar-refractivity contribution in [1.82, 2.24) is 9.99 Å². The summed E-state index contributed by atoms with van der Waals surface area (Å²) in [6.07, 6.45) is 3.94. The Kier molecular flexibility index (Phi) is 3.93. The number of benzene rings is 2. The summed E-state index contributed by atoms with van der Waals surface area (Å²) in [5.74, 6) is 0. The molecule has 2 aromatic carbocycles. The van der Waals surface area contributed by atoms with Gasteiger partial charge in [-0.05, 0) is 23.8 Å². The predicted octanol–water partition coefficient (Wildman–Crippen LogP) is 3.96. The van der Waals surface area contributed by atoms with E-state index in [0.29, 0.717) is 6.54 Å². The van der Waals surface area contributed by atoms with E-state index in [1.165, 1.54) is 10.9 Å². The van der Waals surface area contributed by atoms with E-state index >= 15 is 0 Å². The maximum atomic E-state index is 5.86. The molecule has 0 amide bonds. The lowest BCUT2D eigenvalue weighted by Crippen LogP contribution is -2.05. The molecular weight excluding hydrogens is 282 g/mol. The summed E-state index contributed by atoms with van der Waals surface area (Å²) in [4.78, 5) is 0. The molecule has 1 N–H and O–H groups in total. The van der Waals surface area contributed by atoms with E-state index in [2.05, 4.69) is 33.4 Å². The summed E-state index contributed by atoms with van der Waals surface area (Å²) in [7, 11) is 2.04. The Balaban J connectivity index is 1.69. The monoisotopic (exact) mass is 297 g/mol. The lowest BCUT2D eigenvalue weighted by molar-refractivity contribution is 0.748. The second kappa shape index (κ2) is 6.02. The SMILES string of the molecule is Cn1cc(/C=N\NCc2ccc(Cl)cc2)c2ccccc21. The normalized spacial score (nSPS) is 11.3. The largest absolute Gasteiger partial charge is 0.350 e. The van der Waals surface area contributed by atoms with Crippen molar-refractivity contribution in [3.8, 4) is 0 Å². The first kappa shape index (κ1) is 13.7. The van der Waals surface area contributed by atoms with Gasteiger partial charge in [0.25, 0.3) is 0 Å². The molecule has 3 nitrogen and oxygen atoms in total. The van der Waals surface area contributed by atoms with Gasteiger partial charge in [0, 0.05) is 34.7 Å². The highest BCUT2D eigenvalue weighted by Gasteiger charge is 2.02. The van der Waals surface area contributed by atoms with Crippen molar-refractivity contribution in [2.75, 3.05) is 0 Å². The molecule has 0 aliphatic heterocycles. The van der Waals surface area contributed by atoms with Crippen molar-refractivity contribution < 1.29 is 0 Å². The predicted molar refractivity (Wildman–Crippen MR) is 88.8 cm³/mol. The molecule has 4 heteroatoms. The van der Waals surface area contributed by atoms with Gasteiger partial charge in [-0.2, -0.15) is 5.10 Å². The second-order valence-corrected chi connectivity index (χ2v) is 5.37. The van der Waals surface area contributed by atoms with Gasteiger partial charge in [0.05, 0.1) is 12.8 Å². The minimum absolute atomic E-state index is 0.679. The highest BCUT2D eigenvalue weighted by molar-refractivity contribution is 6.30. The first-order valence-corrected chi connectivity index (χ1v) is 7.16. The molecule has 0 saturated carbocycles. The molecule has 1 heterocycles. The van der Waals surface area contributed by atoms with E-state index in [4.69, 9.17) is 11.6 Å². The summed E-state index contributed by atoms with van der Waals surface area (Å²) in [5.41, 5.74) is 6.52. The molecule has 0 spiro atoms. The molecular formula is C17H16ClN3. The van der Waals surface area contributed by atoms with E-state index < -0.39 is 0 Å². The van der Waals surface area contributed by atoms with E-state index in [0.717, 1.165) is 16.1 Å². The van der Waals surface area contributed by atoms with Crippen molar-refractivity contribution in [3.63, 3.8) is 0 Å². The van der Waals surface area contributed by atoms with E-state index in [1.807, 2.05) is 49.7 Å². The molecule has 3 rings (SSSR count). The number of hydrazone groups is 1. The number of para-hydroxylation sites is 1. The molecule has 0 saturated heterocycles. The van der Waals surface area contributed by atoms with E-state index in [1.54, 1.807) is 0 Å². The fourth-order valence-corrected chi connectivity index (χ4v) is 2.46. The van der Waals surface area contributed by atoms with Crippen LogP contribution in [0.25, 0.3) is 10.9 Å². The van der Waals surface area contributed by atoms with Crippen LogP contribution in [0.15, 0.2) is 59.8 Å². The number of fused-ring (bicyclic) bond motifs is 1. The minimum atomic E-state index is 0.679. The Morgan fingerprint density at radius 2 is 1.90 bits per heavy atom. The summed E-state index contributed by atoms with van der Waals surface area (Å²) in [6, 6.07) is 16.0. The van der Waals surface area contributed by atoms with Crippen LogP contribution in [0.2, 0.25) is 5.02 Å². The quantitative estimate of drug-likeness (QED) is 0.573. The molecule has 0 fully saturated rings. The average Bonchev–Trinajstić information content (AvgIpc) is 2.83. The molecule has 0 bridgehead atoms. The lowest BCUT2D eigenvalue weighted by Gasteiger charge is -2.00. The lowest BCUT2D eigenvalue weighted by atomic mass is 10.2. The van der Waals surface area contributed by atoms with Crippen LogP contribution in [0, 0.1) is 0 Å². The van der Waals surface area contributed by atoms with Gasteiger partial charge in [0.2, 0.25) is 0 Å². The van der Waals surface area contributed by atoms with Crippen LogP contribution < -0.4 is 5.43 Å². The van der Waals surface area contributed by atoms with Crippen LogP contribution in [0.1, 0.15) is 11.1 Å². The van der Waals surface area contributed by atoms with Gasteiger partial charge in [-0.3, -0.25) is 0 Å². The summed E-state index contributed by atoms with van der Waals surface area (Å²) in [5, 5.41) is 6.26. The van der Waals surface area contributed by atoms with Crippen molar-refractivity contribution in [3.05, 3.63) is 70.9 Å². The number of hydrogen-bond acceptors (Lipinski definition) is 2. The Morgan fingerprint density at radius 1 is 1.14 bits per heavy atom. The van der Waals surface area contributed by atoms with Crippen LogP contribution >= 0.6 is 11.6 Å². The summed E-state index contributed by atoms with van der Waals surface area (Å²) < 4.78 is 2.11. The molecule has 1 aromatic heterocycles. The number of rotatable bonds is 4. The maximum absolute atomic E-state index is 5.86. The van der Waals surface area contributed by atoms with Gasteiger partial charge in [0.1, 0.15) is 0 Å². The first-order valence-electron chi connectivity index (χ1n) is 6.78. The van der Waals surface area contributed by atoms with E-state index in [-0.39, 0.29) is 0 Å². The Labute approximate surface area is 128 Å². The smallest absolute Gasteiger partial charge is 0.0580 e. The van der Waals surface area contributed by atoms with Gasteiger partial charge in [-0.15, -0.1) is 0 Å². The number of halogens is 1. The third kappa shape index (κ3) is 3.09. The zero-order valence-electron chi connectivity index (χ0n) is 11.8. The summed E-state index contributed by atoms with van der Waals surface area (Å²) in [6.45, 7) is 0.679. The number of nitrogens with one attached hydrogen (secondary N) is 1. The van der Waals surface area contributed by atoms with Crippen molar-refractivity contribution in [1.29, 1.82) is 0 Å². The fourth-order valence-electron chi connectivity index (χ4n) is 2.33. The van der Waals surface area contributed by atoms with Gasteiger partial charge in [0.15, 0.2) is 0 Å². The van der Waals surface area contributed by atoms with Gasteiger partial charge in [-0.1, -0.05) is 41.9 Å². The van der Waals surface area contributed by atoms with Crippen molar-refractivity contribution >= 4 is 28.7 Å². The third-order valence-corrected chi connectivity index (χ3v) is 3.67. The zero-order chi connectivity index (χ0) is 14.7. The van der Waals surface area contributed by atoms with Crippen molar-refractivity contribution in [2.45, 2.75) is 6.54 Å². The Hall–Kier alpha value is -2.26. The first-order chi connectivity index (χ1) is 10.2. The minimum Gasteiger partial charge on any atom is -0.350 e. The van der Waals surface area contributed by atoms with Crippen LogP contribution in [0.3, 0.4) is 0 Å². The number of aromatic nitrogens is 1. The highest BCUT2D eigenvalue weighted by atomic mass is 35.5. The Bertz CT molecular complexity index is 772. The van der Waals surface area contributed by atoms with Gasteiger partial charge in [-0.25, -0.2) is 0 Å². The van der Waals surface area contributed by atoms with Gasteiger partial charge < -0.3 is 9.99 Å². The van der Waals surface area contributed by atoms with Crippen LogP contribution in [0.4, 0.5) is 0 Å². The molecule has 0 aliphatic carbocycles. The Morgan fingerprint density at radius 3 is 2.71 bits per heavy atom. The molecule has 0 radical (unpaired) electrons. The molecule has 0 unspecified atom stereocenters. The van der Waals surface area contributed by atoms with Crippen LogP contribution in [-0.4, -0.2) is 10.8 Å². The van der Waals surface area contributed by atoms with E-state index in [9.17, 15) is 0 Å². The highest BCUT2D eigenvalue weighted by Crippen LogP contribution is 2.18. The molecule has 106 valence electrons. The number of nitrogens with zero attached hydrogens (tertiary/aromatic N) is 2. The van der Waals surface area contributed by atoms with Crippen LogP contribution in [0.5, 0.6) is 0 Å². The van der Waals surface area contributed by atoms with Crippen LogP contribution in [-0.2, 0) is 13.6 Å². The molecule has 0 atom stereocenters. The van der Waals surface area contributed by atoms with Crippen molar-refractivity contribution in [2.24, 2.45) is 12.1 Å². The average molecular weight is 298 g/mol. The molecule has 3 aromatic rings.